The van der Waals surface area contributed by atoms with Gasteiger partial charge in [-0.1, -0.05) is 13.8 Å². The summed E-state index contributed by atoms with van der Waals surface area (Å²) in [7, 11) is 0. The Morgan fingerprint density at radius 3 is 2.67 bits per heavy atom. The predicted octanol–water partition coefficient (Wildman–Crippen LogP) is 2.26. The van der Waals surface area contributed by atoms with Crippen molar-refractivity contribution in [3.05, 3.63) is 30.1 Å². The van der Waals surface area contributed by atoms with E-state index in [-0.39, 0.29) is 0 Å². The van der Waals surface area contributed by atoms with Gasteiger partial charge < -0.3 is 5.32 Å². The van der Waals surface area contributed by atoms with Crippen LogP contribution in [0, 0.1) is 11.3 Å². The molecule has 82 valence electrons. The normalized spacial score (nSPS) is 22.7. The summed E-state index contributed by atoms with van der Waals surface area (Å²) in [6, 6.07) is 4.17. The van der Waals surface area contributed by atoms with Gasteiger partial charge in [-0.05, 0) is 55.0 Å². The molecule has 1 heterocycles. The summed E-state index contributed by atoms with van der Waals surface area (Å²) in [5.74, 6) is 0.898. The van der Waals surface area contributed by atoms with Crippen molar-refractivity contribution < 1.29 is 0 Å². The SMILES string of the molecule is CC1(C)CC1CNCCc1ccncc1. The van der Waals surface area contributed by atoms with Gasteiger partial charge in [0.1, 0.15) is 0 Å². The van der Waals surface area contributed by atoms with Gasteiger partial charge in [-0.15, -0.1) is 0 Å². The number of hydrogen-bond acceptors (Lipinski definition) is 2. The van der Waals surface area contributed by atoms with Gasteiger partial charge in [-0.2, -0.15) is 0 Å². The number of aromatic nitrogens is 1. The van der Waals surface area contributed by atoms with Crippen molar-refractivity contribution in [3.8, 4) is 0 Å². The molecule has 2 nitrogen and oxygen atoms in total. The molecule has 1 fully saturated rings. The summed E-state index contributed by atoms with van der Waals surface area (Å²) in [6.07, 6.45) is 6.21. The average Bonchev–Trinajstić information content (AvgIpc) is 2.83. The van der Waals surface area contributed by atoms with E-state index < -0.39 is 0 Å². The summed E-state index contributed by atoms with van der Waals surface area (Å²) >= 11 is 0. The van der Waals surface area contributed by atoms with E-state index in [2.05, 4.69) is 36.3 Å². The van der Waals surface area contributed by atoms with E-state index in [0.717, 1.165) is 18.9 Å². The van der Waals surface area contributed by atoms with E-state index in [1.54, 1.807) is 0 Å². The van der Waals surface area contributed by atoms with Crippen LogP contribution in [0.1, 0.15) is 25.8 Å². The molecule has 0 radical (unpaired) electrons. The number of rotatable bonds is 5. The lowest BCUT2D eigenvalue weighted by Crippen LogP contribution is -2.21. The number of hydrogen-bond donors (Lipinski definition) is 1. The van der Waals surface area contributed by atoms with Crippen LogP contribution in [0.4, 0.5) is 0 Å². The third kappa shape index (κ3) is 3.03. The van der Waals surface area contributed by atoms with E-state index in [1.165, 1.54) is 18.5 Å². The average molecular weight is 204 g/mol. The standard InChI is InChI=1S/C13H20N2/c1-13(2)9-12(13)10-15-8-5-11-3-6-14-7-4-11/h3-4,6-7,12,15H,5,8-10H2,1-2H3. The summed E-state index contributed by atoms with van der Waals surface area (Å²) in [4.78, 5) is 4.01. The highest BCUT2D eigenvalue weighted by molar-refractivity contribution is 5.09. The first-order chi connectivity index (χ1) is 7.18. The van der Waals surface area contributed by atoms with Crippen molar-refractivity contribution in [3.63, 3.8) is 0 Å². The minimum Gasteiger partial charge on any atom is -0.316 e. The van der Waals surface area contributed by atoms with Crippen molar-refractivity contribution >= 4 is 0 Å². The first kappa shape index (κ1) is 10.6. The number of nitrogens with zero attached hydrogens (tertiary/aromatic N) is 1. The molecule has 1 atom stereocenters. The molecule has 1 aromatic rings. The highest BCUT2D eigenvalue weighted by Crippen LogP contribution is 2.50. The summed E-state index contributed by atoms with van der Waals surface area (Å²) < 4.78 is 0. The summed E-state index contributed by atoms with van der Waals surface area (Å²) in [6.45, 7) is 6.96. The van der Waals surface area contributed by atoms with Crippen LogP contribution in [0.5, 0.6) is 0 Å². The number of nitrogens with one attached hydrogen (secondary N) is 1. The predicted molar refractivity (Wildman–Crippen MR) is 62.7 cm³/mol. The molecule has 15 heavy (non-hydrogen) atoms. The third-order valence-corrected chi connectivity index (χ3v) is 3.45. The van der Waals surface area contributed by atoms with E-state index in [4.69, 9.17) is 0 Å². The molecule has 1 N–H and O–H groups in total. The van der Waals surface area contributed by atoms with Gasteiger partial charge >= 0.3 is 0 Å². The Bertz CT molecular complexity index is 306. The van der Waals surface area contributed by atoms with E-state index in [1.807, 2.05) is 12.4 Å². The first-order valence-electron chi connectivity index (χ1n) is 5.78. The highest BCUT2D eigenvalue weighted by Gasteiger charge is 2.44. The smallest absolute Gasteiger partial charge is 0.0270 e. The zero-order valence-corrected chi connectivity index (χ0v) is 9.66. The molecule has 1 aliphatic rings. The molecule has 2 heteroatoms. The van der Waals surface area contributed by atoms with E-state index in [9.17, 15) is 0 Å². The Labute approximate surface area is 92.1 Å². The maximum absolute atomic E-state index is 4.01. The lowest BCUT2D eigenvalue weighted by Gasteiger charge is -2.06. The molecular weight excluding hydrogens is 184 g/mol. The summed E-state index contributed by atoms with van der Waals surface area (Å²) in [5, 5.41) is 3.53. The van der Waals surface area contributed by atoms with Gasteiger partial charge in [0.2, 0.25) is 0 Å². The topological polar surface area (TPSA) is 24.9 Å². The minimum atomic E-state index is 0.601. The molecule has 1 aromatic heterocycles. The van der Waals surface area contributed by atoms with Crippen LogP contribution < -0.4 is 5.32 Å². The Balaban J connectivity index is 1.60. The third-order valence-electron chi connectivity index (χ3n) is 3.45. The second kappa shape index (κ2) is 4.31. The largest absolute Gasteiger partial charge is 0.316 e. The summed E-state index contributed by atoms with van der Waals surface area (Å²) in [5.41, 5.74) is 1.97. The number of pyridine rings is 1. The van der Waals surface area contributed by atoms with Crippen molar-refractivity contribution in [1.82, 2.24) is 10.3 Å². The van der Waals surface area contributed by atoms with Gasteiger partial charge in [-0.3, -0.25) is 4.98 Å². The Kier molecular flexibility index (Phi) is 3.06. The van der Waals surface area contributed by atoms with Crippen LogP contribution >= 0.6 is 0 Å². The highest BCUT2D eigenvalue weighted by atomic mass is 14.9. The molecular formula is C13H20N2. The molecule has 0 bridgehead atoms. The maximum Gasteiger partial charge on any atom is 0.0270 e. The van der Waals surface area contributed by atoms with Crippen LogP contribution in [-0.4, -0.2) is 18.1 Å². The Morgan fingerprint density at radius 1 is 1.40 bits per heavy atom. The van der Waals surface area contributed by atoms with Gasteiger partial charge in [0.05, 0.1) is 0 Å². The molecule has 0 saturated heterocycles. The van der Waals surface area contributed by atoms with Crippen LogP contribution in [0.2, 0.25) is 0 Å². The van der Waals surface area contributed by atoms with Gasteiger partial charge in [0, 0.05) is 12.4 Å². The fourth-order valence-electron chi connectivity index (χ4n) is 1.98. The van der Waals surface area contributed by atoms with Crippen LogP contribution in [0.25, 0.3) is 0 Å². The molecule has 0 aromatic carbocycles. The molecule has 0 aliphatic heterocycles. The first-order valence-corrected chi connectivity index (χ1v) is 5.78. The molecule has 1 saturated carbocycles. The van der Waals surface area contributed by atoms with E-state index >= 15 is 0 Å². The monoisotopic (exact) mass is 204 g/mol. The maximum atomic E-state index is 4.01. The zero-order chi connectivity index (χ0) is 10.7. The van der Waals surface area contributed by atoms with Crippen molar-refractivity contribution in [2.45, 2.75) is 26.7 Å². The molecule has 0 amide bonds. The van der Waals surface area contributed by atoms with Crippen molar-refractivity contribution in [1.29, 1.82) is 0 Å². The Hall–Kier alpha value is -0.890. The molecule has 1 aliphatic carbocycles. The minimum absolute atomic E-state index is 0.601. The fraction of sp³-hybridized carbons (Fsp3) is 0.615. The lowest BCUT2D eigenvalue weighted by atomic mass is 10.1. The molecule has 2 rings (SSSR count). The fourth-order valence-corrected chi connectivity index (χ4v) is 1.98. The molecule has 0 spiro atoms. The molecule has 1 unspecified atom stereocenters. The van der Waals surface area contributed by atoms with Gasteiger partial charge in [0.15, 0.2) is 0 Å². The lowest BCUT2D eigenvalue weighted by molar-refractivity contribution is 0.521. The van der Waals surface area contributed by atoms with Gasteiger partial charge in [0.25, 0.3) is 0 Å². The quantitative estimate of drug-likeness (QED) is 0.744. The van der Waals surface area contributed by atoms with Crippen molar-refractivity contribution in [2.24, 2.45) is 11.3 Å². The van der Waals surface area contributed by atoms with Crippen LogP contribution in [0.3, 0.4) is 0 Å². The van der Waals surface area contributed by atoms with Gasteiger partial charge in [-0.25, -0.2) is 0 Å². The second-order valence-electron chi connectivity index (χ2n) is 5.20. The Morgan fingerprint density at radius 2 is 2.07 bits per heavy atom. The van der Waals surface area contributed by atoms with Crippen LogP contribution in [-0.2, 0) is 6.42 Å². The van der Waals surface area contributed by atoms with Crippen molar-refractivity contribution in [2.75, 3.05) is 13.1 Å². The van der Waals surface area contributed by atoms with E-state index in [0.29, 0.717) is 5.41 Å². The van der Waals surface area contributed by atoms with Crippen LogP contribution in [0.15, 0.2) is 24.5 Å². The second-order valence-corrected chi connectivity index (χ2v) is 5.20. The zero-order valence-electron chi connectivity index (χ0n) is 9.66.